The molecule has 1 unspecified atom stereocenters. The lowest BCUT2D eigenvalue weighted by molar-refractivity contribution is 0.106. The number of H-pyrrole nitrogens is 1. The molecule has 1 fully saturated rings. The van der Waals surface area contributed by atoms with Crippen molar-refractivity contribution in [3.63, 3.8) is 0 Å². The molecule has 1 atom stereocenters. The first-order valence-electron chi connectivity index (χ1n) is 5.20. The Morgan fingerprint density at radius 1 is 1.50 bits per heavy atom. The van der Waals surface area contributed by atoms with Gasteiger partial charge in [-0.25, -0.2) is 9.37 Å². The van der Waals surface area contributed by atoms with E-state index >= 15 is 0 Å². The fourth-order valence-corrected chi connectivity index (χ4v) is 2.30. The highest BCUT2D eigenvalue weighted by Crippen LogP contribution is 2.29. The zero-order valence-corrected chi connectivity index (χ0v) is 10.1. The molecule has 84 valence electrons. The maximum Gasteiger partial charge on any atom is 0.139 e. The summed E-state index contributed by atoms with van der Waals surface area (Å²) in [6.45, 7) is 0.778. The molecule has 0 amide bonds. The van der Waals surface area contributed by atoms with Gasteiger partial charge in [-0.3, -0.25) is 0 Å². The highest BCUT2D eigenvalue weighted by Gasteiger charge is 2.21. The van der Waals surface area contributed by atoms with E-state index < -0.39 is 0 Å². The Bertz CT molecular complexity index is 495. The van der Waals surface area contributed by atoms with Gasteiger partial charge >= 0.3 is 0 Å². The highest BCUT2D eigenvalue weighted by atomic mass is 79.9. The summed E-state index contributed by atoms with van der Waals surface area (Å²) in [7, 11) is 0. The van der Waals surface area contributed by atoms with Gasteiger partial charge in [0, 0.05) is 12.7 Å². The molecule has 5 heteroatoms. The second-order valence-electron chi connectivity index (χ2n) is 3.91. The van der Waals surface area contributed by atoms with E-state index in [1.54, 1.807) is 6.07 Å². The van der Waals surface area contributed by atoms with Gasteiger partial charge in [-0.2, -0.15) is 0 Å². The molecule has 0 bridgehead atoms. The minimum absolute atomic E-state index is 0.0363. The van der Waals surface area contributed by atoms with E-state index in [9.17, 15) is 4.39 Å². The number of ether oxygens (including phenoxy) is 1. The summed E-state index contributed by atoms with van der Waals surface area (Å²) in [4.78, 5) is 7.53. The largest absolute Gasteiger partial charge is 0.370 e. The first kappa shape index (κ1) is 10.2. The van der Waals surface area contributed by atoms with Crippen LogP contribution in [0, 0.1) is 5.82 Å². The summed E-state index contributed by atoms with van der Waals surface area (Å²) in [6.07, 6.45) is 2.07. The zero-order chi connectivity index (χ0) is 11.1. The first-order chi connectivity index (χ1) is 7.74. The van der Waals surface area contributed by atoms with Gasteiger partial charge in [0.05, 0.1) is 15.5 Å². The SMILES string of the molecule is Fc1cc2[nH]c(C3CCCO3)nc2cc1Br. The summed E-state index contributed by atoms with van der Waals surface area (Å²) in [6, 6.07) is 3.13. The lowest BCUT2D eigenvalue weighted by Crippen LogP contribution is -1.97. The molecule has 0 aliphatic carbocycles. The molecule has 0 saturated carbocycles. The predicted octanol–water partition coefficient (Wildman–Crippen LogP) is 3.32. The molecule has 3 nitrogen and oxygen atoms in total. The summed E-state index contributed by atoms with van der Waals surface area (Å²) >= 11 is 3.15. The Labute approximate surface area is 100 Å². The first-order valence-corrected chi connectivity index (χ1v) is 5.99. The molecule has 0 spiro atoms. The van der Waals surface area contributed by atoms with Gasteiger partial charge in [0.15, 0.2) is 0 Å². The molecule has 1 aliphatic heterocycles. The second-order valence-corrected chi connectivity index (χ2v) is 4.76. The van der Waals surface area contributed by atoms with Crippen LogP contribution in [0.5, 0.6) is 0 Å². The van der Waals surface area contributed by atoms with E-state index in [0.29, 0.717) is 9.99 Å². The molecule has 2 aromatic rings. The Balaban J connectivity index is 2.08. The van der Waals surface area contributed by atoms with Crippen molar-refractivity contribution >= 4 is 27.0 Å². The topological polar surface area (TPSA) is 37.9 Å². The summed E-state index contributed by atoms with van der Waals surface area (Å²) in [5, 5.41) is 0. The Hall–Kier alpha value is -0.940. The van der Waals surface area contributed by atoms with Gasteiger partial charge in [-0.15, -0.1) is 0 Å². The fraction of sp³-hybridized carbons (Fsp3) is 0.364. The number of benzene rings is 1. The highest BCUT2D eigenvalue weighted by molar-refractivity contribution is 9.10. The average molecular weight is 285 g/mol. The minimum Gasteiger partial charge on any atom is -0.370 e. The van der Waals surface area contributed by atoms with Crippen molar-refractivity contribution < 1.29 is 9.13 Å². The number of nitrogens with zero attached hydrogens (tertiary/aromatic N) is 1. The number of halogens is 2. The number of imidazole rings is 1. The lowest BCUT2D eigenvalue weighted by atomic mass is 10.2. The van der Waals surface area contributed by atoms with Gasteiger partial charge < -0.3 is 9.72 Å². The molecule has 1 aromatic carbocycles. The van der Waals surface area contributed by atoms with E-state index in [0.717, 1.165) is 30.8 Å². The van der Waals surface area contributed by atoms with Crippen LogP contribution in [0.4, 0.5) is 4.39 Å². The van der Waals surface area contributed by atoms with Crippen molar-refractivity contribution in [2.75, 3.05) is 6.61 Å². The van der Waals surface area contributed by atoms with Crippen molar-refractivity contribution in [3.8, 4) is 0 Å². The van der Waals surface area contributed by atoms with Crippen molar-refractivity contribution in [2.24, 2.45) is 0 Å². The van der Waals surface area contributed by atoms with E-state index in [2.05, 4.69) is 25.9 Å². The standard InChI is InChI=1S/C11H10BrFN2O/c12-6-4-8-9(5-7(6)13)15-11(14-8)10-2-1-3-16-10/h4-5,10H,1-3H2,(H,14,15). The van der Waals surface area contributed by atoms with Crippen molar-refractivity contribution in [2.45, 2.75) is 18.9 Å². The Kier molecular flexibility index (Phi) is 2.44. The third kappa shape index (κ3) is 1.64. The molecule has 3 rings (SSSR count). The van der Waals surface area contributed by atoms with Crippen LogP contribution in [0.25, 0.3) is 11.0 Å². The molecule has 1 aromatic heterocycles. The maximum atomic E-state index is 13.3. The summed E-state index contributed by atoms with van der Waals surface area (Å²) < 4.78 is 19.3. The predicted molar refractivity (Wildman–Crippen MR) is 61.7 cm³/mol. The average Bonchev–Trinajstić information content (AvgIpc) is 2.86. The van der Waals surface area contributed by atoms with Gasteiger partial charge in [0.2, 0.25) is 0 Å². The minimum atomic E-state index is -0.282. The third-order valence-electron chi connectivity index (χ3n) is 2.78. The quantitative estimate of drug-likeness (QED) is 0.872. The second kappa shape index (κ2) is 3.82. The molecule has 2 heterocycles. The molecular formula is C11H10BrFN2O. The van der Waals surface area contributed by atoms with Gasteiger partial charge in [-0.1, -0.05) is 0 Å². The number of hydrogen-bond acceptors (Lipinski definition) is 2. The summed E-state index contributed by atoms with van der Waals surface area (Å²) in [5.41, 5.74) is 1.48. The molecule has 1 aliphatic rings. The molecule has 1 saturated heterocycles. The Morgan fingerprint density at radius 3 is 3.12 bits per heavy atom. The number of aromatic amines is 1. The van der Waals surface area contributed by atoms with Crippen molar-refractivity contribution in [1.82, 2.24) is 9.97 Å². The lowest BCUT2D eigenvalue weighted by Gasteiger charge is -2.03. The monoisotopic (exact) mass is 284 g/mol. The van der Waals surface area contributed by atoms with Crippen LogP contribution < -0.4 is 0 Å². The Morgan fingerprint density at radius 2 is 2.38 bits per heavy atom. The third-order valence-corrected chi connectivity index (χ3v) is 3.38. The number of nitrogens with one attached hydrogen (secondary N) is 1. The molecular weight excluding hydrogens is 275 g/mol. The van der Waals surface area contributed by atoms with Crippen LogP contribution in [0.2, 0.25) is 0 Å². The smallest absolute Gasteiger partial charge is 0.139 e. The van der Waals surface area contributed by atoms with Crippen LogP contribution in [0.15, 0.2) is 16.6 Å². The number of hydrogen-bond donors (Lipinski definition) is 1. The summed E-state index contributed by atoms with van der Waals surface area (Å²) in [5.74, 6) is 0.514. The number of rotatable bonds is 1. The van der Waals surface area contributed by atoms with Crippen LogP contribution in [-0.4, -0.2) is 16.6 Å². The molecule has 1 N–H and O–H groups in total. The van der Waals surface area contributed by atoms with Gasteiger partial charge in [0.1, 0.15) is 17.7 Å². The van der Waals surface area contributed by atoms with E-state index in [4.69, 9.17) is 4.74 Å². The normalized spacial score (nSPS) is 20.8. The van der Waals surface area contributed by atoms with Crippen molar-refractivity contribution in [1.29, 1.82) is 0 Å². The van der Waals surface area contributed by atoms with Crippen LogP contribution >= 0.6 is 15.9 Å². The van der Waals surface area contributed by atoms with Gasteiger partial charge in [-0.05, 0) is 34.8 Å². The maximum absolute atomic E-state index is 13.3. The van der Waals surface area contributed by atoms with Crippen LogP contribution in [0.1, 0.15) is 24.8 Å². The van der Waals surface area contributed by atoms with E-state index in [-0.39, 0.29) is 11.9 Å². The van der Waals surface area contributed by atoms with Gasteiger partial charge in [0.25, 0.3) is 0 Å². The molecule has 16 heavy (non-hydrogen) atoms. The zero-order valence-electron chi connectivity index (χ0n) is 8.46. The fourth-order valence-electron chi connectivity index (χ4n) is 1.97. The van der Waals surface area contributed by atoms with Crippen molar-refractivity contribution in [3.05, 3.63) is 28.2 Å². The van der Waals surface area contributed by atoms with Crippen LogP contribution in [0.3, 0.4) is 0 Å². The molecule has 0 radical (unpaired) electrons. The number of aromatic nitrogens is 2. The number of fused-ring (bicyclic) bond motifs is 1. The van der Waals surface area contributed by atoms with E-state index in [1.165, 1.54) is 6.07 Å². The van der Waals surface area contributed by atoms with Crippen LogP contribution in [-0.2, 0) is 4.74 Å². The van der Waals surface area contributed by atoms with E-state index in [1.807, 2.05) is 0 Å².